The van der Waals surface area contributed by atoms with Gasteiger partial charge in [-0.3, -0.25) is 9.59 Å². The van der Waals surface area contributed by atoms with Crippen LogP contribution in [0.1, 0.15) is 35.9 Å². The Bertz CT molecular complexity index is 948. The number of para-hydroxylation sites is 1. The van der Waals surface area contributed by atoms with Gasteiger partial charge in [-0.2, -0.15) is 5.26 Å². The van der Waals surface area contributed by atoms with E-state index in [1.165, 1.54) is 0 Å². The van der Waals surface area contributed by atoms with Gasteiger partial charge < -0.3 is 15.2 Å². The highest BCUT2D eigenvalue weighted by atomic mass is 16.2. The second-order valence-corrected chi connectivity index (χ2v) is 6.61. The lowest BCUT2D eigenvalue weighted by molar-refractivity contribution is -0.120. The fraction of sp³-hybridized carbons (Fsp3) is 0.318. The minimum absolute atomic E-state index is 0.0199. The van der Waals surface area contributed by atoms with Gasteiger partial charge in [-0.25, -0.2) is 0 Å². The van der Waals surface area contributed by atoms with E-state index in [0.717, 1.165) is 29.9 Å². The predicted octanol–water partition coefficient (Wildman–Crippen LogP) is 3.35. The molecule has 0 atom stereocenters. The number of carbonyl (C=O) groups excluding carboxylic acids is 2. The van der Waals surface area contributed by atoms with Crippen molar-refractivity contribution in [2.45, 2.75) is 40.2 Å². The topological polar surface area (TPSA) is 86.9 Å². The van der Waals surface area contributed by atoms with Crippen LogP contribution < -0.4 is 10.6 Å². The molecule has 0 fully saturated rings. The van der Waals surface area contributed by atoms with Gasteiger partial charge in [0.15, 0.2) is 0 Å². The quantitative estimate of drug-likeness (QED) is 0.572. The van der Waals surface area contributed by atoms with Crippen LogP contribution in [0.2, 0.25) is 0 Å². The van der Waals surface area contributed by atoms with Gasteiger partial charge in [0.05, 0.1) is 6.42 Å². The number of nitrogens with one attached hydrogen (secondary N) is 2. The minimum atomic E-state index is -0.493. The van der Waals surface area contributed by atoms with Gasteiger partial charge in [0.1, 0.15) is 11.6 Å². The number of nitrogens with zero attached hydrogens (tertiary/aromatic N) is 2. The van der Waals surface area contributed by atoms with Crippen LogP contribution >= 0.6 is 0 Å². The van der Waals surface area contributed by atoms with Crippen molar-refractivity contribution in [3.63, 3.8) is 0 Å². The number of aromatic nitrogens is 1. The summed E-state index contributed by atoms with van der Waals surface area (Å²) >= 11 is 0. The fourth-order valence-electron chi connectivity index (χ4n) is 3.09. The highest BCUT2D eigenvalue weighted by Crippen LogP contribution is 2.20. The Balaban J connectivity index is 2.29. The lowest BCUT2D eigenvalue weighted by atomic mass is 10.1. The van der Waals surface area contributed by atoms with Crippen LogP contribution in [-0.4, -0.2) is 23.4 Å². The number of hydrogen-bond acceptors (Lipinski definition) is 3. The highest BCUT2D eigenvalue weighted by Gasteiger charge is 2.15. The van der Waals surface area contributed by atoms with E-state index in [0.29, 0.717) is 11.3 Å². The van der Waals surface area contributed by atoms with E-state index in [-0.39, 0.29) is 17.9 Å². The Kier molecular flexibility index (Phi) is 7.16. The van der Waals surface area contributed by atoms with Gasteiger partial charge in [0.25, 0.3) is 5.91 Å². The number of likely N-dealkylation sites (N-methyl/N-ethyl adjacent to an activating group) is 1. The van der Waals surface area contributed by atoms with E-state index in [1.807, 2.05) is 26.0 Å². The van der Waals surface area contributed by atoms with Crippen LogP contribution in [-0.2, 0) is 22.6 Å². The number of benzene rings is 1. The Labute approximate surface area is 165 Å². The molecule has 2 N–H and O–H groups in total. The molecule has 0 bridgehead atoms. The first kappa shape index (κ1) is 21.0. The van der Waals surface area contributed by atoms with E-state index < -0.39 is 5.91 Å². The van der Waals surface area contributed by atoms with Crippen molar-refractivity contribution in [3.05, 3.63) is 58.4 Å². The molecule has 1 aromatic carbocycles. The molecule has 0 aliphatic rings. The minimum Gasteiger partial charge on any atom is -0.359 e. The molecule has 0 saturated heterocycles. The van der Waals surface area contributed by atoms with Crippen molar-refractivity contribution >= 4 is 23.6 Å². The summed E-state index contributed by atoms with van der Waals surface area (Å²) in [6, 6.07) is 11.0. The summed E-state index contributed by atoms with van der Waals surface area (Å²) in [5, 5.41) is 14.8. The van der Waals surface area contributed by atoms with Crippen molar-refractivity contribution in [2.75, 3.05) is 12.4 Å². The Morgan fingerprint density at radius 1 is 1.25 bits per heavy atom. The maximum atomic E-state index is 12.7. The Hall–Kier alpha value is -3.33. The molecule has 6 heteroatoms. The summed E-state index contributed by atoms with van der Waals surface area (Å²) < 4.78 is 2.18. The van der Waals surface area contributed by atoms with Crippen LogP contribution in [0.15, 0.2) is 35.9 Å². The zero-order valence-electron chi connectivity index (χ0n) is 16.8. The summed E-state index contributed by atoms with van der Waals surface area (Å²) in [6.45, 7) is 7.01. The summed E-state index contributed by atoms with van der Waals surface area (Å²) in [7, 11) is 1.56. The third-order valence-electron chi connectivity index (χ3n) is 4.62. The van der Waals surface area contributed by atoms with E-state index in [9.17, 15) is 14.9 Å². The van der Waals surface area contributed by atoms with Gasteiger partial charge in [0.2, 0.25) is 5.91 Å². The highest BCUT2D eigenvalue weighted by molar-refractivity contribution is 6.10. The first-order chi connectivity index (χ1) is 13.4. The molecule has 0 spiro atoms. The van der Waals surface area contributed by atoms with Gasteiger partial charge in [-0.15, -0.1) is 0 Å². The van der Waals surface area contributed by atoms with Crippen LogP contribution in [0, 0.1) is 25.2 Å². The lowest BCUT2D eigenvalue weighted by Crippen LogP contribution is -2.21. The third kappa shape index (κ3) is 4.89. The molecule has 0 saturated carbocycles. The molecule has 2 aromatic rings. The van der Waals surface area contributed by atoms with Gasteiger partial charge in [-0.1, -0.05) is 25.1 Å². The number of rotatable bonds is 7. The molecule has 0 aliphatic heterocycles. The molecule has 28 heavy (non-hydrogen) atoms. The summed E-state index contributed by atoms with van der Waals surface area (Å²) in [5.74, 6) is -0.645. The predicted molar refractivity (Wildman–Crippen MR) is 111 cm³/mol. The van der Waals surface area contributed by atoms with Crippen molar-refractivity contribution in [2.24, 2.45) is 0 Å². The van der Waals surface area contributed by atoms with Gasteiger partial charge in [-0.05, 0) is 49.6 Å². The molecule has 0 aliphatic carbocycles. The Morgan fingerprint density at radius 2 is 1.96 bits per heavy atom. The summed E-state index contributed by atoms with van der Waals surface area (Å²) in [4.78, 5) is 24.4. The molecule has 0 unspecified atom stereocenters. The number of anilines is 1. The summed E-state index contributed by atoms with van der Waals surface area (Å²) in [5.41, 5.74) is 4.21. The monoisotopic (exact) mass is 378 g/mol. The molecule has 1 heterocycles. The number of nitriles is 1. The maximum Gasteiger partial charge on any atom is 0.266 e. The smallest absolute Gasteiger partial charge is 0.266 e. The lowest BCUT2D eigenvalue weighted by Gasteiger charge is -2.10. The zero-order valence-corrected chi connectivity index (χ0v) is 16.8. The average molecular weight is 378 g/mol. The largest absolute Gasteiger partial charge is 0.359 e. The molecule has 1 aromatic heterocycles. The second-order valence-electron chi connectivity index (χ2n) is 6.61. The van der Waals surface area contributed by atoms with Crippen molar-refractivity contribution in [3.8, 4) is 6.07 Å². The summed E-state index contributed by atoms with van der Waals surface area (Å²) in [6.07, 6.45) is 2.77. The average Bonchev–Trinajstić information content (AvgIpc) is 2.95. The van der Waals surface area contributed by atoms with E-state index in [1.54, 1.807) is 37.4 Å². The second kappa shape index (κ2) is 9.56. The molecule has 2 rings (SSSR count). The first-order valence-corrected chi connectivity index (χ1v) is 9.29. The standard InChI is InChI=1S/C22H26N4O2/c1-5-10-26-15(2)11-18(16(26)3)12-19(14-23)22(28)25-20-9-7-6-8-17(20)13-21(27)24-4/h6-9,11-12H,5,10,13H2,1-4H3,(H,24,27)(H,25,28)/b19-12+. The van der Waals surface area contributed by atoms with Crippen molar-refractivity contribution < 1.29 is 9.59 Å². The van der Waals surface area contributed by atoms with Crippen LogP contribution in [0.4, 0.5) is 5.69 Å². The van der Waals surface area contributed by atoms with Crippen LogP contribution in [0.5, 0.6) is 0 Å². The molecule has 146 valence electrons. The molecule has 0 radical (unpaired) electrons. The number of amides is 2. The number of aryl methyl sites for hydroxylation is 1. The van der Waals surface area contributed by atoms with Gasteiger partial charge >= 0.3 is 0 Å². The maximum absolute atomic E-state index is 12.7. The number of hydrogen-bond donors (Lipinski definition) is 2. The fourth-order valence-corrected chi connectivity index (χ4v) is 3.09. The molecular weight excluding hydrogens is 352 g/mol. The zero-order chi connectivity index (χ0) is 20.7. The third-order valence-corrected chi connectivity index (χ3v) is 4.62. The Morgan fingerprint density at radius 3 is 2.61 bits per heavy atom. The molecule has 2 amide bonds. The molecule has 6 nitrogen and oxygen atoms in total. The van der Waals surface area contributed by atoms with Gasteiger partial charge in [0, 0.05) is 30.7 Å². The van der Waals surface area contributed by atoms with E-state index in [4.69, 9.17) is 0 Å². The van der Waals surface area contributed by atoms with Crippen molar-refractivity contribution in [1.29, 1.82) is 5.26 Å². The van der Waals surface area contributed by atoms with E-state index >= 15 is 0 Å². The first-order valence-electron chi connectivity index (χ1n) is 9.29. The number of carbonyl (C=O) groups is 2. The van der Waals surface area contributed by atoms with Crippen molar-refractivity contribution in [1.82, 2.24) is 9.88 Å². The van der Waals surface area contributed by atoms with Crippen LogP contribution in [0.3, 0.4) is 0 Å². The SMILES string of the molecule is CCCn1c(C)cc(/C=C(\C#N)C(=O)Nc2ccccc2CC(=O)NC)c1C. The molecular formula is C22H26N4O2. The van der Waals surface area contributed by atoms with Crippen LogP contribution in [0.25, 0.3) is 6.08 Å². The van der Waals surface area contributed by atoms with E-state index in [2.05, 4.69) is 22.1 Å². The normalized spacial score (nSPS) is 11.0.